The Kier molecular flexibility index (Phi) is 3.02. The molecule has 1 fully saturated rings. The van der Waals surface area contributed by atoms with Gasteiger partial charge in [-0.25, -0.2) is 0 Å². The van der Waals surface area contributed by atoms with Crippen LogP contribution in [-0.2, 0) is 9.53 Å². The van der Waals surface area contributed by atoms with E-state index in [1.165, 1.54) is 0 Å². The quantitative estimate of drug-likeness (QED) is 0.577. The van der Waals surface area contributed by atoms with Crippen LogP contribution in [0.5, 0.6) is 0 Å². The second-order valence-electron chi connectivity index (χ2n) is 2.94. The monoisotopic (exact) mass is 157 g/mol. The molecule has 0 saturated carbocycles. The molecule has 0 radical (unpaired) electrons. The molecule has 0 amide bonds. The molecule has 0 spiro atoms. The van der Waals surface area contributed by atoms with E-state index in [1.807, 2.05) is 14.0 Å². The summed E-state index contributed by atoms with van der Waals surface area (Å²) >= 11 is 0. The van der Waals surface area contributed by atoms with Crippen LogP contribution in [0.25, 0.3) is 0 Å². The van der Waals surface area contributed by atoms with Crippen LogP contribution in [0, 0.1) is 0 Å². The molecule has 1 rings (SSSR count). The molecule has 0 aromatic heterocycles. The molecule has 1 aliphatic rings. The number of carbonyl (C=O) groups excluding carboxylic acids is 1. The van der Waals surface area contributed by atoms with Crippen molar-refractivity contribution >= 4 is 5.78 Å². The molecule has 1 aliphatic heterocycles. The summed E-state index contributed by atoms with van der Waals surface area (Å²) in [7, 11) is 2.01. The van der Waals surface area contributed by atoms with E-state index in [9.17, 15) is 4.79 Å². The van der Waals surface area contributed by atoms with Crippen molar-refractivity contribution in [1.29, 1.82) is 0 Å². The molecule has 1 atom stereocenters. The Morgan fingerprint density at radius 3 is 3.00 bits per heavy atom. The number of Topliss-reactive ketones (excluding diaryl/α,β-unsaturated/α-hetero) is 1. The van der Waals surface area contributed by atoms with Gasteiger partial charge in [-0.1, -0.05) is 6.92 Å². The van der Waals surface area contributed by atoms with Gasteiger partial charge < -0.3 is 9.64 Å². The first kappa shape index (κ1) is 8.68. The molecule has 0 N–H and O–H groups in total. The molecular formula is C8H15NO2. The average Bonchev–Trinajstić information content (AvgIpc) is 2.03. The van der Waals surface area contributed by atoms with E-state index in [0.29, 0.717) is 13.0 Å². The zero-order valence-corrected chi connectivity index (χ0v) is 7.17. The first-order valence-electron chi connectivity index (χ1n) is 4.07. The van der Waals surface area contributed by atoms with Crippen molar-refractivity contribution in [3.8, 4) is 0 Å². The molecular weight excluding hydrogens is 142 g/mol. The summed E-state index contributed by atoms with van der Waals surface area (Å²) in [6, 6.07) is 0. The molecule has 11 heavy (non-hydrogen) atoms. The van der Waals surface area contributed by atoms with Crippen molar-refractivity contribution in [2.24, 2.45) is 0 Å². The first-order valence-corrected chi connectivity index (χ1v) is 4.07. The maximum absolute atomic E-state index is 11.2. The minimum atomic E-state index is -0.168. The summed E-state index contributed by atoms with van der Waals surface area (Å²) in [5.74, 6) is 0.219. The molecule has 0 bridgehead atoms. The number of likely N-dealkylation sites (N-methyl/N-ethyl adjacent to an activating group) is 1. The van der Waals surface area contributed by atoms with Crippen molar-refractivity contribution in [3.05, 3.63) is 0 Å². The average molecular weight is 157 g/mol. The van der Waals surface area contributed by atoms with Crippen molar-refractivity contribution in [2.75, 3.05) is 26.7 Å². The third kappa shape index (κ3) is 2.27. The highest BCUT2D eigenvalue weighted by atomic mass is 16.5. The SMILES string of the molecule is CCC(=O)[C@H]1CN(C)CCO1. The van der Waals surface area contributed by atoms with E-state index in [4.69, 9.17) is 4.74 Å². The third-order valence-electron chi connectivity index (χ3n) is 1.98. The highest BCUT2D eigenvalue weighted by molar-refractivity contribution is 5.83. The van der Waals surface area contributed by atoms with E-state index >= 15 is 0 Å². The summed E-state index contributed by atoms with van der Waals surface area (Å²) in [4.78, 5) is 13.3. The van der Waals surface area contributed by atoms with Crippen molar-refractivity contribution in [2.45, 2.75) is 19.4 Å². The number of hydrogen-bond donors (Lipinski definition) is 0. The first-order chi connectivity index (χ1) is 5.24. The molecule has 64 valence electrons. The maximum atomic E-state index is 11.2. The predicted molar refractivity (Wildman–Crippen MR) is 42.5 cm³/mol. The highest BCUT2D eigenvalue weighted by Gasteiger charge is 2.22. The van der Waals surface area contributed by atoms with Gasteiger partial charge >= 0.3 is 0 Å². The van der Waals surface area contributed by atoms with Gasteiger partial charge in [0, 0.05) is 19.5 Å². The topological polar surface area (TPSA) is 29.5 Å². The largest absolute Gasteiger partial charge is 0.368 e. The Bertz CT molecular complexity index is 147. The van der Waals surface area contributed by atoms with Crippen LogP contribution in [-0.4, -0.2) is 43.5 Å². The van der Waals surface area contributed by atoms with Crippen LogP contribution < -0.4 is 0 Å². The Hall–Kier alpha value is -0.410. The van der Waals surface area contributed by atoms with Crippen LogP contribution in [0.3, 0.4) is 0 Å². The van der Waals surface area contributed by atoms with Gasteiger partial charge in [-0.2, -0.15) is 0 Å². The number of rotatable bonds is 2. The molecule has 1 heterocycles. The van der Waals surface area contributed by atoms with Crippen LogP contribution in [0.2, 0.25) is 0 Å². The molecule has 0 aromatic carbocycles. The number of carbonyl (C=O) groups is 1. The lowest BCUT2D eigenvalue weighted by Crippen LogP contribution is -2.43. The molecule has 0 aromatic rings. The molecule has 3 nitrogen and oxygen atoms in total. The third-order valence-corrected chi connectivity index (χ3v) is 1.98. The van der Waals surface area contributed by atoms with Crippen molar-refractivity contribution < 1.29 is 9.53 Å². The normalized spacial score (nSPS) is 26.9. The summed E-state index contributed by atoms with van der Waals surface area (Å²) in [6.45, 7) is 4.26. The Balaban J connectivity index is 2.39. The second kappa shape index (κ2) is 3.83. The van der Waals surface area contributed by atoms with E-state index in [0.717, 1.165) is 13.1 Å². The standard InChI is InChI=1S/C8H15NO2/c1-3-7(10)8-6-9(2)4-5-11-8/h8H,3-6H2,1-2H3/t8-/m1/s1. The zero-order chi connectivity index (χ0) is 8.27. The zero-order valence-electron chi connectivity index (χ0n) is 7.17. The van der Waals surface area contributed by atoms with E-state index in [2.05, 4.69) is 4.90 Å². The van der Waals surface area contributed by atoms with Crippen LogP contribution in [0.1, 0.15) is 13.3 Å². The second-order valence-corrected chi connectivity index (χ2v) is 2.94. The van der Waals surface area contributed by atoms with Crippen molar-refractivity contribution in [1.82, 2.24) is 4.90 Å². The fourth-order valence-corrected chi connectivity index (χ4v) is 1.20. The molecule has 0 aliphatic carbocycles. The number of ether oxygens (including phenoxy) is 1. The Morgan fingerprint density at radius 2 is 2.45 bits per heavy atom. The summed E-state index contributed by atoms with van der Waals surface area (Å²) in [5, 5.41) is 0. The number of hydrogen-bond acceptors (Lipinski definition) is 3. The lowest BCUT2D eigenvalue weighted by atomic mass is 10.1. The predicted octanol–water partition coefficient (Wildman–Crippen LogP) is 0.296. The number of ketones is 1. The summed E-state index contributed by atoms with van der Waals surface area (Å²) in [5.41, 5.74) is 0. The Morgan fingerprint density at radius 1 is 1.73 bits per heavy atom. The van der Waals surface area contributed by atoms with E-state index in [-0.39, 0.29) is 11.9 Å². The van der Waals surface area contributed by atoms with E-state index < -0.39 is 0 Å². The van der Waals surface area contributed by atoms with E-state index in [1.54, 1.807) is 0 Å². The number of nitrogens with zero attached hydrogens (tertiary/aromatic N) is 1. The van der Waals surface area contributed by atoms with Crippen LogP contribution >= 0.6 is 0 Å². The van der Waals surface area contributed by atoms with Gasteiger partial charge in [-0.15, -0.1) is 0 Å². The van der Waals surface area contributed by atoms with Crippen LogP contribution in [0.4, 0.5) is 0 Å². The minimum absolute atomic E-state index is 0.168. The van der Waals surface area contributed by atoms with Gasteiger partial charge in [0.25, 0.3) is 0 Å². The van der Waals surface area contributed by atoms with Gasteiger partial charge in [0.05, 0.1) is 6.61 Å². The van der Waals surface area contributed by atoms with Gasteiger partial charge in [0.15, 0.2) is 5.78 Å². The summed E-state index contributed by atoms with van der Waals surface area (Å²) < 4.78 is 5.31. The molecule has 3 heteroatoms. The fraction of sp³-hybridized carbons (Fsp3) is 0.875. The molecule has 0 unspecified atom stereocenters. The Labute approximate surface area is 67.3 Å². The molecule has 1 saturated heterocycles. The lowest BCUT2D eigenvalue weighted by Gasteiger charge is -2.28. The fourth-order valence-electron chi connectivity index (χ4n) is 1.20. The van der Waals surface area contributed by atoms with Gasteiger partial charge in [0.2, 0.25) is 0 Å². The van der Waals surface area contributed by atoms with Crippen LogP contribution in [0.15, 0.2) is 0 Å². The lowest BCUT2D eigenvalue weighted by molar-refractivity contribution is -0.135. The van der Waals surface area contributed by atoms with Gasteiger partial charge in [-0.3, -0.25) is 4.79 Å². The smallest absolute Gasteiger partial charge is 0.162 e. The number of morpholine rings is 1. The van der Waals surface area contributed by atoms with Gasteiger partial charge in [-0.05, 0) is 7.05 Å². The highest BCUT2D eigenvalue weighted by Crippen LogP contribution is 2.05. The minimum Gasteiger partial charge on any atom is -0.368 e. The van der Waals surface area contributed by atoms with Crippen molar-refractivity contribution in [3.63, 3.8) is 0 Å². The summed E-state index contributed by atoms with van der Waals surface area (Å²) in [6.07, 6.45) is 0.414. The van der Waals surface area contributed by atoms with Gasteiger partial charge in [0.1, 0.15) is 6.10 Å². The maximum Gasteiger partial charge on any atom is 0.162 e.